The molecule has 0 saturated carbocycles. The number of amides is 3. The molecule has 2 fully saturated rings. The summed E-state index contributed by atoms with van der Waals surface area (Å²) in [5.41, 5.74) is -0.903. The summed E-state index contributed by atoms with van der Waals surface area (Å²) in [5.74, 6) is 0.400. The van der Waals surface area contributed by atoms with E-state index in [2.05, 4.69) is 22.5 Å². The highest BCUT2D eigenvalue weighted by atomic mass is 16.5. The number of nitrogens with one attached hydrogen (secondary N) is 2. The van der Waals surface area contributed by atoms with Crippen LogP contribution in [-0.2, 0) is 9.53 Å². The Morgan fingerprint density at radius 3 is 2.41 bits per heavy atom. The van der Waals surface area contributed by atoms with Crippen molar-refractivity contribution in [3.63, 3.8) is 0 Å². The predicted molar refractivity (Wildman–Crippen MR) is 83.6 cm³/mol. The van der Waals surface area contributed by atoms with Crippen molar-refractivity contribution in [1.29, 1.82) is 0 Å². The summed E-state index contributed by atoms with van der Waals surface area (Å²) < 4.78 is 5.40. The zero-order valence-corrected chi connectivity index (χ0v) is 14.0. The van der Waals surface area contributed by atoms with E-state index in [0.717, 1.165) is 39.4 Å². The maximum Gasteiger partial charge on any atom is 0.315 e. The van der Waals surface area contributed by atoms with Gasteiger partial charge < -0.3 is 20.3 Å². The van der Waals surface area contributed by atoms with Gasteiger partial charge >= 0.3 is 6.03 Å². The van der Waals surface area contributed by atoms with Crippen LogP contribution in [0.2, 0.25) is 0 Å². The van der Waals surface area contributed by atoms with E-state index in [1.165, 1.54) is 0 Å². The molecule has 3 amide bonds. The Hall–Kier alpha value is -1.34. The minimum absolute atomic E-state index is 0.0290. The smallest absolute Gasteiger partial charge is 0.315 e. The van der Waals surface area contributed by atoms with Gasteiger partial charge in [0.15, 0.2) is 0 Å². The first-order valence-electron chi connectivity index (χ1n) is 7.96. The number of hydrogen-bond donors (Lipinski definition) is 2. The highest BCUT2D eigenvalue weighted by Crippen LogP contribution is 2.24. The first-order valence-corrected chi connectivity index (χ1v) is 7.96. The zero-order valence-electron chi connectivity index (χ0n) is 14.0. The van der Waals surface area contributed by atoms with Gasteiger partial charge in [-0.3, -0.25) is 9.69 Å². The quantitative estimate of drug-likeness (QED) is 0.761. The van der Waals surface area contributed by atoms with Crippen LogP contribution >= 0.6 is 0 Å². The minimum atomic E-state index is -0.903. The molecule has 7 nitrogen and oxygen atoms in total. The Morgan fingerprint density at radius 2 is 1.82 bits per heavy atom. The van der Waals surface area contributed by atoms with Crippen LogP contribution in [0.5, 0.6) is 0 Å². The lowest BCUT2D eigenvalue weighted by Gasteiger charge is -2.34. The van der Waals surface area contributed by atoms with E-state index < -0.39 is 5.54 Å². The van der Waals surface area contributed by atoms with E-state index in [9.17, 15) is 9.59 Å². The summed E-state index contributed by atoms with van der Waals surface area (Å²) in [7, 11) is 1.54. The fourth-order valence-corrected chi connectivity index (χ4v) is 3.29. The normalized spacial score (nSPS) is 26.8. The van der Waals surface area contributed by atoms with Gasteiger partial charge in [-0.25, -0.2) is 4.79 Å². The van der Waals surface area contributed by atoms with Crippen LogP contribution in [0.3, 0.4) is 0 Å². The average Bonchev–Trinajstić information content (AvgIpc) is 2.88. The lowest BCUT2D eigenvalue weighted by atomic mass is 10.0. The molecule has 2 heterocycles. The molecule has 126 valence electrons. The fourth-order valence-electron chi connectivity index (χ4n) is 3.29. The first-order chi connectivity index (χ1) is 10.3. The van der Waals surface area contributed by atoms with Crippen molar-refractivity contribution < 1.29 is 14.3 Å². The molecule has 22 heavy (non-hydrogen) atoms. The van der Waals surface area contributed by atoms with Crippen molar-refractivity contribution in [2.75, 3.05) is 46.4 Å². The molecule has 0 spiro atoms. The highest BCUT2D eigenvalue weighted by Gasteiger charge is 2.41. The molecule has 2 unspecified atom stereocenters. The summed E-state index contributed by atoms with van der Waals surface area (Å²) in [5, 5.41) is 5.21. The number of hydrogen-bond acceptors (Lipinski definition) is 4. The Kier molecular flexibility index (Phi) is 5.28. The molecule has 0 bridgehead atoms. The van der Waals surface area contributed by atoms with Crippen LogP contribution in [0.4, 0.5) is 4.79 Å². The second kappa shape index (κ2) is 6.83. The van der Waals surface area contributed by atoms with Crippen LogP contribution < -0.4 is 10.6 Å². The standard InChI is InChI=1S/C15H28N4O3/c1-11-9-19(10-12(11)18-5-7-22-8-6-18)13(20)15(2,3)17-14(21)16-4/h11-12H,5-10H2,1-4H3,(H2,16,17,21). The van der Waals surface area contributed by atoms with E-state index in [1.54, 1.807) is 20.9 Å². The molecule has 2 rings (SSSR count). The van der Waals surface area contributed by atoms with E-state index in [0.29, 0.717) is 12.0 Å². The monoisotopic (exact) mass is 312 g/mol. The molecule has 2 atom stereocenters. The molecule has 0 aromatic rings. The summed E-state index contributed by atoms with van der Waals surface area (Å²) in [4.78, 5) is 28.5. The number of ether oxygens (including phenoxy) is 1. The molecule has 2 N–H and O–H groups in total. The first kappa shape index (κ1) is 17.0. The Morgan fingerprint density at radius 1 is 1.18 bits per heavy atom. The number of urea groups is 1. The Labute approximate surface area is 132 Å². The van der Waals surface area contributed by atoms with Crippen molar-refractivity contribution in [3.05, 3.63) is 0 Å². The van der Waals surface area contributed by atoms with Crippen LogP contribution in [0.25, 0.3) is 0 Å². The molecular weight excluding hydrogens is 284 g/mol. The summed E-state index contributed by atoms with van der Waals surface area (Å²) >= 11 is 0. The van der Waals surface area contributed by atoms with Gasteiger partial charge in [0, 0.05) is 39.3 Å². The van der Waals surface area contributed by atoms with Gasteiger partial charge in [-0.05, 0) is 19.8 Å². The maximum absolute atomic E-state index is 12.7. The zero-order chi connectivity index (χ0) is 16.3. The molecule has 7 heteroatoms. The van der Waals surface area contributed by atoms with Gasteiger partial charge in [-0.15, -0.1) is 0 Å². The van der Waals surface area contributed by atoms with Crippen LogP contribution in [0.15, 0.2) is 0 Å². The van der Waals surface area contributed by atoms with E-state index in [4.69, 9.17) is 4.74 Å². The number of nitrogens with zero attached hydrogens (tertiary/aromatic N) is 2. The number of morpholine rings is 1. The number of carbonyl (C=O) groups is 2. The molecule has 2 saturated heterocycles. The van der Waals surface area contributed by atoms with E-state index >= 15 is 0 Å². The molecule has 0 aromatic heterocycles. The largest absolute Gasteiger partial charge is 0.379 e. The third-order valence-electron chi connectivity index (χ3n) is 4.56. The molecule has 0 aromatic carbocycles. The lowest BCUT2D eigenvalue weighted by molar-refractivity contribution is -0.136. The van der Waals surface area contributed by atoms with Crippen molar-refractivity contribution in [2.24, 2.45) is 5.92 Å². The van der Waals surface area contributed by atoms with Crippen LogP contribution in [0.1, 0.15) is 20.8 Å². The van der Waals surface area contributed by atoms with E-state index in [1.807, 2.05) is 4.90 Å². The van der Waals surface area contributed by atoms with Crippen LogP contribution in [-0.4, -0.2) is 79.8 Å². The maximum atomic E-state index is 12.7. The van der Waals surface area contributed by atoms with Gasteiger partial charge in [0.05, 0.1) is 13.2 Å². The number of rotatable bonds is 3. The number of carbonyl (C=O) groups excluding carboxylic acids is 2. The van der Waals surface area contributed by atoms with E-state index in [-0.39, 0.29) is 11.9 Å². The van der Waals surface area contributed by atoms with Gasteiger partial charge in [0.2, 0.25) is 5.91 Å². The van der Waals surface area contributed by atoms with Gasteiger partial charge in [0.25, 0.3) is 0 Å². The fraction of sp³-hybridized carbons (Fsp3) is 0.867. The predicted octanol–water partition coefficient (Wildman–Crippen LogP) is -0.127. The Balaban J connectivity index is 1.98. The second-order valence-electron chi connectivity index (χ2n) is 6.73. The average molecular weight is 312 g/mol. The minimum Gasteiger partial charge on any atom is -0.379 e. The third kappa shape index (κ3) is 3.70. The van der Waals surface area contributed by atoms with Crippen LogP contribution in [0, 0.1) is 5.92 Å². The van der Waals surface area contributed by atoms with Gasteiger partial charge in [0.1, 0.15) is 5.54 Å². The van der Waals surface area contributed by atoms with Crippen molar-refractivity contribution in [1.82, 2.24) is 20.4 Å². The summed E-state index contributed by atoms with van der Waals surface area (Å²) in [6.07, 6.45) is 0. The molecular formula is C15H28N4O3. The summed E-state index contributed by atoms with van der Waals surface area (Å²) in [6.45, 7) is 10.5. The second-order valence-corrected chi connectivity index (χ2v) is 6.73. The van der Waals surface area contributed by atoms with Crippen molar-refractivity contribution in [3.8, 4) is 0 Å². The lowest BCUT2D eigenvalue weighted by Crippen LogP contribution is -2.57. The molecule has 0 radical (unpaired) electrons. The molecule has 2 aliphatic heterocycles. The van der Waals surface area contributed by atoms with Gasteiger partial charge in [-0.1, -0.05) is 6.92 Å². The van der Waals surface area contributed by atoms with Gasteiger partial charge in [-0.2, -0.15) is 0 Å². The highest BCUT2D eigenvalue weighted by molar-refractivity contribution is 5.90. The molecule has 0 aliphatic carbocycles. The molecule has 2 aliphatic rings. The van der Waals surface area contributed by atoms with Crippen molar-refractivity contribution >= 4 is 11.9 Å². The summed E-state index contributed by atoms with van der Waals surface area (Å²) in [6, 6.07) is 0.0407. The number of likely N-dealkylation sites (tertiary alicyclic amines) is 1. The Bertz CT molecular complexity index is 421. The van der Waals surface area contributed by atoms with Crippen molar-refractivity contribution in [2.45, 2.75) is 32.4 Å². The SMILES string of the molecule is CNC(=O)NC(C)(C)C(=O)N1CC(C)C(N2CCOCC2)C1. The topological polar surface area (TPSA) is 73.9 Å². The third-order valence-corrected chi connectivity index (χ3v) is 4.56.